The van der Waals surface area contributed by atoms with Gasteiger partial charge in [0.25, 0.3) is 11.8 Å². The van der Waals surface area contributed by atoms with E-state index in [9.17, 15) is 14.4 Å². The SMILES string of the molecule is CCOC(=O)C(C)(C)c1ccc(CON2C(=O)c3ccccc3C2=O)cc1. The van der Waals surface area contributed by atoms with E-state index in [-0.39, 0.29) is 12.6 Å². The second kappa shape index (κ2) is 7.32. The zero-order chi connectivity index (χ0) is 19.6. The first-order valence-corrected chi connectivity index (χ1v) is 8.73. The fourth-order valence-electron chi connectivity index (χ4n) is 2.87. The van der Waals surface area contributed by atoms with Gasteiger partial charge in [0.05, 0.1) is 23.1 Å². The van der Waals surface area contributed by atoms with Crippen LogP contribution >= 0.6 is 0 Å². The van der Waals surface area contributed by atoms with Crippen LogP contribution < -0.4 is 0 Å². The first kappa shape index (κ1) is 18.8. The van der Waals surface area contributed by atoms with Crippen LogP contribution in [0.25, 0.3) is 0 Å². The number of rotatable bonds is 6. The van der Waals surface area contributed by atoms with Gasteiger partial charge in [0.15, 0.2) is 0 Å². The maximum Gasteiger partial charge on any atom is 0.315 e. The Balaban J connectivity index is 1.67. The predicted molar refractivity (Wildman–Crippen MR) is 97.8 cm³/mol. The molecule has 3 rings (SSSR count). The van der Waals surface area contributed by atoms with Crippen LogP contribution in [0.15, 0.2) is 48.5 Å². The molecular formula is C21H21NO5. The van der Waals surface area contributed by atoms with Gasteiger partial charge in [-0.2, -0.15) is 0 Å². The minimum atomic E-state index is -0.766. The molecule has 0 saturated carbocycles. The molecule has 1 aliphatic rings. The molecule has 0 atom stereocenters. The lowest BCUT2D eigenvalue weighted by molar-refractivity contribution is -0.148. The van der Waals surface area contributed by atoms with Gasteiger partial charge in [-0.1, -0.05) is 36.4 Å². The molecule has 0 saturated heterocycles. The van der Waals surface area contributed by atoms with E-state index in [4.69, 9.17) is 9.57 Å². The Morgan fingerprint density at radius 2 is 1.52 bits per heavy atom. The van der Waals surface area contributed by atoms with E-state index in [2.05, 4.69) is 0 Å². The molecule has 140 valence electrons. The predicted octanol–water partition coefficient (Wildman–Crippen LogP) is 3.26. The van der Waals surface area contributed by atoms with Crippen molar-refractivity contribution in [3.05, 3.63) is 70.8 Å². The number of ether oxygens (including phenoxy) is 1. The van der Waals surface area contributed by atoms with E-state index in [1.54, 1.807) is 57.2 Å². The van der Waals surface area contributed by atoms with Crippen molar-refractivity contribution < 1.29 is 24.0 Å². The summed E-state index contributed by atoms with van der Waals surface area (Å²) in [4.78, 5) is 42.1. The molecule has 27 heavy (non-hydrogen) atoms. The summed E-state index contributed by atoms with van der Waals surface area (Å²) in [6.07, 6.45) is 0. The summed E-state index contributed by atoms with van der Waals surface area (Å²) in [5, 5.41) is 0.793. The summed E-state index contributed by atoms with van der Waals surface area (Å²) in [6, 6.07) is 13.9. The van der Waals surface area contributed by atoms with Crippen molar-refractivity contribution in [2.45, 2.75) is 32.8 Å². The summed E-state index contributed by atoms with van der Waals surface area (Å²) in [5.41, 5.74) is 1.50. The summed E-state index contributed by atoms with van der Waals surface area (Å²) >= 11 is 0. The third-order valence-electron chi connectivity index (χ3n) is 4.58. The Kier molecular flexibility index (Phi) is 5.10. The largest absolute Gasteiger partial charge is 0.465 e. The van der Waals surface area contributed by atoms with Crippen LogP contribution in [-0.2, 0) is 26.4 Å². The lowest BCUT2D eigenvalue weighted by Gasteiger charge is -2.23. The minimum absolute atomic E-state index is 0.0611. The fourth-order valence-corrected chi connectivity index (χ4v) is 2.87. The second-order valence-electron chi connectivity index (χ2n) is 6.77. The lowest BCUT2D eigenvalue weighted by Crippen LogP contribution is -2.31. The Bertz CT molecular complexity index is 851. The van der Waals surface area contributed by atoms with Gasteiger partial charge >= 0.3 is 5.97 Å². The van der Waals surface area contributed by atoms with Gasteiger partial charge in [-0.05, 0) is 44.0 Å². The molecule has 2 amide bonds. The third kappa shape index (κ3) is 3.48. The summed E-state index contributed by atoms with van der Waals surface area (Å²) in [5.74, 6) is -1.22. The van der Waals surface area contributed by atoms with Crippen LogP contribution in [0, 0.1) is 0 Å². The van der Waals surface area contributed by atoms with Gasteiger partial charge in [0, 0.05) is 0 Å². The molecular weight excluding hydrogens is 346 g/mol. The number of carbonyl (C=O) groups is 3. The molecule has 2 aromatic carbocycles. The second-order valence-corrected chi connectivity index (χ2v) is 6.77. The van der Waals surface area contributed by atoms with Crippen LogP contribution in [0.4, 0.5) is 0 Å². The maximum atomic E-state index is 12.3. The van der Waals surface area contributed by atoms with Crippen molar-refractivity contribution in [2.75, 3.05) is 6.61 Å². The van der Waals surface area contributed by atoms with E-state index in [0.717, 1.165) is 16.2 Å². The summed E-state index contributed by atoms with van der Waals surface area (Å²) in [7, 11) is 0. The number of hydrogen-bond acceptors (Lipinski definition) is 5. The van der Waals surface area contributed by atoms with Crippen LogP contribution in [0.1, 0.15) is 52.6 Å². The van der Waals surface area contributed by atoms with Gasteiger partial charge in [0.1, 0.15) is 6.61 Å². The van der Waals surface area contributed by atoms with Crippen molar-refractivity contribution in [2.24, 2.45) is 0 Å². The van der Waals surface area contributed by atoms with Crippen LogP contribution in [-0.4, -0.2) is 29.5 Å². The molecule has 0 aliphatic carbocycles. The highest BCUT2D eigenvalue weighted by molar-refractivity contribution is 6.20. The van der Waals surface area contributed by atoms with Crippen molar-refractivity contribution >= 4 is 17.8 Å². The van der Waals surface area contributed by atoms with Crippen LogP contribution in [0.2, 0.25) is 0 Å². The van der Waals surface area contributed by atoms with E-state index in [1.165, 1.54) is 0 Å². The molecule has 2 aromatic rings. The molecule has 0 unspecified atom stereocenters. The van der Waals surface area contributed by atoms with Gasteiger partial charge in [-0.3, -0.25) is 19.2 Å². The van der Waals surface area contributed by atoms with Crippen LogP contribution in [0.3, 0.4) is 0 Å². The number of esters is 1. The Hall–Kier alpha value is -2.99. The highest BCUT2D eigenvalue weighted by Crippen LogP contribution is 2.26. The van der Waals surface area contributed by atoms with Crippen molar-refractivity contribution in [1.82, 2.24) is 5.06 Å². The number of amides is 2. The molecule has 0 spiro atoms. The first-order chi connectivity index (χ1) is 12.9. The first-order valence-electron chi connectivity index (χ1n) is 8.73. The van der Waals surface area contributed by atoms with Gasteiger partial charge in [-0.25, -0.2) is 0 Å². The number of nitrogens with zero attached hydrogens (tertiary/aromatic N) is 1. The van der Waals surface area contributed by atoms with E-state index in [0.29, 0.717) is 17.7 Å². The standard InChI is InChI=1S/C21H21NO5/c1-4-26-20(25)21(2,3)15-11-9-14(10-12-15)13-27-22-18(23)16-7-5-6-8-17(16)19(22)24/h5-12H,4,13H2,1-3H3. The molecule has 1 heterocycles. The third-order valence-corrected chi connectivity index (χ3v) is 4.58. The average Bonchev–Trinajstić information content (AvgIpc) is 2.91. The topological polar surface area (TPSA) is 72.9 Å². The zero-order valence-corrected chi connectivity index (χ0v) is 15.5. The molecule has 0 bridgehead atoms. The van der Waals surface area contributed by atoms with Gasteiger partial charge < -0.3 is 4.74 Å². The molecule has 0 radical (unpaired) electrons. The van der Waals surface area contributed by atoms with E-state index >= 15 is 0 Å². The molecule has 0 aromatic heterocycles. The number of fused-ring (bicyclic) bond motifs is 1. The molecule has 6 heteroatoms. The highest BCUT2D eigenvalue weighted by Gasteiger charge is 2.36. The van der Waals surface area contributed by atoms with E-state index in [1.807, 2.05) is 12.1 Å². The molecule has 0 N–H and O–H groups in total. The molecule has 0 fully saturated rings. The van der Waals surface area contributed by atoms with Crippen molar-refractivity contribution in [1.29, 1.82) is 0 Å². The number of carbonyl (C=O) groups excluding carboxylic acids is 3. The monoisotopic (exact) mass is 367 g/mol. The van der Waals surface area contributed by atoms with Crippen molar-refractivity contribution in [3.63, 3.8) is 0 Å². The van der Waals surface area contributed by atoms with E-state index < -0.39 is 17.2 Å². The number of hydrogen-bond donors (Lipinski definition) is 0. The smallest absolute Gasteiger partial charge is 0.315 e. The normalized spacial score (nSPS) is 13.7. The fraction of sp³-hybridized carbons (Fsp3) is 0.286. The summed E-state index contributed by atoms with van der Waals surface area (Å²) < 4.78 is 5.12. The minimum Gasteiger partial charge on any atom is -0.465 e. The molecule has 1 aliphatic heterocycles. The Morgan fingerprint density at radius 1 is 0.963 bits per heavy atom. The van der Waals surface area contributed by atoms with Crippen LogP contribution in [0.5, 0.6) is 0 Å². The molecule has 6 nitrogen and oxygen atoms in total. The number of imide groups is 1. The zero-order valence-electron chi connectivity index (χ0n) is 15.5. The Labute approximate surface area is 157 Å². The number of benzene rings is 2. The highest BCUT2D eigenvalue weighted by atomic mass is 16.7. The van der Waals surface area contributed by atoms with Gasteiger partial charge in [-0.15, -0.1) is 5.06 Å². The maximum absolute atomic E-state index is 12.3. The Morgan fingerprint density at radius 3 is 2.04 bits per heavy atom. The lowest BCUT2D eigenvalue weighted by atomic mass is 9.84. The average molecular weight is 367 g/mol. The number of hydroxylamine groups is 2. The quantitative estimate of drug-likeness (QED) is 0.579. The van der Waals surface area contributed by atoms with Gasteiger partial charge in [0.2, 0.25) is 0 Å². The summed E-state index contributed by atoms with van der Waals surface area (Å²) in [6.45, 7) is 5.76. The van der Waals surface area contributed by atoms with Crippen molar-refractivity contribution in [3.8, 4) is 0 Å².